The lowest BCUT2D eigenvalue weighted by Gasteiger charge is -2.25. The molecule has 2 aromatic carbocycles. The lowest BCUT2D eigenvalue weighted by molar-refractivity contribution is -0.140. The third-order valence-corrected chi connectivity index (χ3v) is 5.45. The molecule has 7 heteroatoms. The molecule has 1 fully saturated rings. The first kappa shape index (κ1) is 22.1. The summed E-state index contributed by atoms with van der Waals surface area (Å²) in [7, 11) is 1.55. The van der Waals surface area contributed by atoms with E-state index in [2.05, 4.69) is 4.98 Å². The first-order valence-electron chi connectivity index (χ1n) is 10.6. The van der Waals surface area contributed by atoms with Crippen molar-refractivity contribution < 1.29 is 24.2 Å². The minimum absolute atomic E-state index is 0.0216. The monoisotopic (exact) mass is 444 g/mol. The number of likely N-dealkylation sites (tertiary alicyclic amines) is 1. The van der Waals surface area contributed by atoms with Crippen LogP contribution in [-0.4, -0.2) is 40.4 Å². The molecule has 4 rings (SSSR count). The number of rotatable bonds is 7. The maximum Gasteiger partial charge on any atom is 0.296 e. The van der Waals surface area contributed by atoms with Crippen molar-refractivity contribution >= 4 is 17.4 Å². The largest absolute Gasteiger partial charge is 0.507 e. The van der Waals surface area contributed by atoms with Crippen molar-refractivity contribution in [3.63, 3.8) is 0 Å². The van der Waals surface area contributed by atoms with Crippen LogP contribution in [0.15, 0.2) is 78.5 Å². The number of benzene rings is 2. The third kappa shape index (κ3) is 4.43. The second-order valence-electron chi connectivity index (χ2n) is 7.48. The van der Waals surface area contributed by atoms with Crippen LogP contribution in [0.25, 0.3) is 5.76 Å². The van der Waals surface area contributed by atoms with Crippen LogP contribution in [0.2, 0.25) is 0 Å². The number of carbonyl (C=O) groups excluding carboxylic acids is 2. The molecule has 2 heterocycles. The Labute approximate surface area is 191 Å². The highest BCUT2D eigenvalue weighted by Gasteiger charge is 2.46. The maximum atomic E-state index is 13.1. The molecule has 33 heavy (non-hydrogen) atoms. The average Bonchev–Trinajstić information content (AvgIpc) is 3.10. The molecule has 1 N–H and O–H groups in total. The van der Waals surface area contributed by atoms with E-state index in [1.54, 1.807) is 74.0 Å². The van der Waals surface area contributed by atoms with E-state index in [4.69, 9.17) is 9.47 Å². The zero-order chi connectivity index (χ0) is 23.4. The van der Waals surface area contributed by atoms with Crippen LogP contribution in [0.5, 0.6) is 11.5 Å². The predicted molar refractivity (Wildman–Crippen MR) is 123 cm³/mol. The molecule has 1 unspecified atom stereocenters. The fraction of sp³-hybridized carbons (Fsp3) is 0.192. The van der Waals surface area contributed by atoms with Crippen molar-refractivity contribution in [1.29, 1.82) is 0 Å². The van der Waals surface area contributed by atoms with Gasteiger partial charge in [0.25, 0.3) is 11.7 Å². The fourth-order valence-electron chi connectivity index (χ4n) is 3.90. The lowest BCUT2D eigenvalue weighted by Crippen LogP contribution is -2.29. The van der Waals surface area contributed by atoms with Gasteiger partial charge in [-0.15, -0.1) is 0 Å². The van der Waals surface area contributed by atoms with Gasteiger partial charge in [0.1, 0.15) is 17.3 Å². The number of hydrogen-bond acceptors (Lipinski definition) is 6. The molecule has 0 aliphatic carbocycles. The Hall–Kier alpha value is -4.13. The van der Waals surface area contributed by atoms with Gasteiger partial charge >= 0.3 is 0 Å². The molecule has 1 aliphatic heterocycles. The second kappa shape index (κ2) is 9.56. The summed E-state index contributed by atoms with van der Waals surface area (Å²) in [5, 5.41) is 11.2. The molecule has 168 valence electrons. The van der Waals surface area contributed by atoms with Crippen molar-refractivity contribution in [2.24, 2.45) is 0 Å². The van der Waals surface area contributed by atoms with Gasteiger partial charge in [-0.1, -0.05) is 18.2 Å². The number of ketones is 1. The number of hydrogen-bond donors (Lipinski definition) is 1. The topological polar surface area (TPSA) is 89.0 Å². The first-order valence-corrected chi connectivity index (χ1v) is 10.6. The molecule has 1 aliphatic rings. The summed E-state index contributed by atoms with van der Waals surface area (Å²) >= 11 is 0. The number of pyridine rings is 1. The number of aromatic nitrogens is 1. The van der Waals surface area contributed by atoms with Crippen molar-refractivity contribution in [3.05, 3.63) is 95.3 Å². The van der Waals surface area contributed by atoms with E-state index in [1.165, 1.54) is 4.90 Å². The Morgan fingerprint density at radius 3 is 2.48 bits per heavy atom. The molecular formula is C26H24N2O5. The smallest absolute Gasteiger partial charge is 0.296 e. The number of carbonyl (C=O) groups is 2. The van der Waals surface area contributed by atoms with E-state index in [-0.39, 0.29) is 17.9 Å². The predicted octanol–water partition coefficient (Wildman–Crippen LogP) is 4.11. The van der Waals surface area contributed by atoms with Crippen molar-refractivity contribution in [3.8, 4) is 11.5 Å². The van der Waals surface area contributed by atoms with Crippen molar-refractivity contribution in [2.75, 3.05) is 13.7 Å². The van der Waals surface area contributed by atoms with Gasteiger partial charge in [0.05, 0.1) is 37.6 Å². The standard InChI is InChI=1S/C26H24N2O5/c1-3-33-20-12-10-17(11-13-20)24(29)22-23(18-7-6-9-21(15-18)32-2)28(26(31)25(22)30)16-19-8-4-5-14-27-19/h4-15,23,29H,3,16H2,1-2H3/b24-22-. The summed E-state index contributed by atoms with van der Waals surface area (Å²) in [6.45, 7) is 2.51. The number of amides is 1. The van der Waals surface area contributed by atoms with Gasteiger partial charge in [0, 0.05) is 11.8 Å². The van der Waals surface area contributed by atoms with Crippen molar-refractivity contribution in [1.82, 2.24) is 9.88 Å². The minimum atomic E-state index is -0.798. The Morgan fingerprint density at radius 2 is 1.82 bits per heavy atom. The second-order valence-corrected chi connectivity index (χ2v) is 7.48. The molecule has 1 aromatic heterocycles. The molecule has 7 nitrogen and oxygen atoms in total. The molecule has 1 amide bonds. The van der Waals surface area contributed by atoms with E-state index in [9.17, 15) is 14.7 Å². The number of aliphatic hydroxyl groups is 1. The van der Waals surface area contributed by atoms with Gasteiger partial charge < -0.3 is 19.5 Å². The zero-order valence-electron chi connectivity index (χ0n) is 18.4. The van der Waals surface area contributed by atoms with E-state index >= 15 is 0 Å². The number of methoxy groups -OCH3 is 1. The summed E-state index contributed by atoms with van der Waals surface area (Å²) in [5.74, 6) is -0.454. The average molecular weight is 444 g/mol. The fourth-order valence-corrected chi connectivity index (χ4v) is 3.90. The van der Waals surface area contributed by atoms with Crippen molar-refractivity contribution in [2.45, 2.75) is 19.5 Å². The molecule has 1 atom stereocenters. The van der Waals surface area contributed by atoms with Gasteiger partial charge in [-0.2, -0.15) is 0 Å². The van der Waals surface area contributed by atoms with Crippen LogP contribution in [-0.2, 0) is 16.1 Å². The van der Waals surface area contributed by atoms with Crippen LogP contribution in [0.1, 0.15) is 29.8 Å². The number of aliphatic hydroxyl groups excluding tert-OH is 1. The molecular weight excluding hydrogens is 420 g/mol. The number of ether oxygens (including phenoxy) is 2. The van der Waals surface area contributed by atoms with Gasteiger partial charge in [-0.25, -0.2) is 0 Å². The van der Waals surface area contributed by atoms with Gasteiger partial charge in [0.2, 0.25) is 0 Å². The summed E-state index contributed by atoms with van der Waals surface area (Å²) in [5.41, 5.74) is 1.72. The first-order chi connectivity index (χ1) is 16.0. The number of nitrogens with zero attached hydrogens (tertiary/aromatic N) is 2. The molecule has 0 spiro atoms. The van der Waals surface area contributed by atoms with Gasteiger partial charge in [-0.3, -0.25) is 14.6 Å². The SMILES string of the molecule is CCOc1ccc(/C(O)=C2/C(=O)C(=O)N(Cc3ccccn3)C2c2cccc(OC)c2)cc1. The Kier molecular flexibility index (Phi) is 6.40. The third-order valence-electron chi connectivity index (χ3n) is 5.45. The number of Topliss-reactive ketones (excluding diaryl/α,β-unsaturated/α-hetero) is 1. The summed E-state index contributed by atoms with van der Waals surface area (Å²) in [4.78, 5) is 32.0. The van der Waals surface area contributed by atoms with Crippen LogP contribution in [0, 0.1) is 0 Å². The summed E-state index contributed by atoms with van der Waals surface area (Å²) in [6, 6.07) is 18.5. The van der Waals surface area contributed by atoms with E-state index in [0.29, 0.717) is 34.9 Å². The van der Waals surface area contributed by atoms with E-state index in [1.807, 2.05) is 13.0 Å². The maximum absolute atomic E-state index is 13.1. The van der Waals surface area contributed by atoms with Gasteiger partial charge in [-0.05, 0) is 61.0 Å². The quantitative estimate of drug-likeness (QED) is 0.335. The zero-order valence-corrected chi connectivity index (χ0v) is 18.4. The molecule has 3 aromatic rings. The molecule has 0 radical (unpaired) electrons. The van der Waals surface area contributed by atoms with Crippen LogP contribution >= 0.6 is 0 Å². The Bertz CT molecular complexity index is 1190. The molecule has 1 saturated heterocycles. The van der Waals surface area contributed by atoms with Crippen LogP contribution in [0.3, 0.4) is 0 Å². The van der Waals surface area contributed by atoms with Crippen LogP contribution < -0.4 is 9.47 Å². The van der Waals surface area contributed by atoms with Crippen LogP contribution in [0.4, 0.5) is 0 Å². The highest BCUT2D eigenvalue weighted by molar-refractivity contribution is 6.46. The van der Waals surface area contributed by atoms with E-state index in [0.717, 1.165) is 0 Å². The molecule has 0 bridgehead atoms. The summed E-state index contributed by atoms with van der Waals surface area (Å²) in [6.07, 6.45) is 1.63. The normalized spacial score (nSPS) is 17.3. The highest BCUT2D eigenvalue weighted by Crippen LogP contribution is 2.41. The lowest BCUT2D eigenvalue weighted by atomic mass is 9.95. The Morgan fingerprint density at radius 1 is 1.03 bits per heavy atom. The molecule has 0 saturated carbocycles. The van der Waals surface area contributed by atoms with Gasteiger partial charge in [0.15, 0.2) is 0 Å². The summed E-state index contributed by atoms with van der Waals surface area (Å²) < 4.78 is 10.8. The highest BCUT2D eigenvalue weighted by atomic mass is 16.5. The Balaban J connectivity index is 1.83. The van der Waals surface area contributed by atoms with E-state index < -0.39 is 17.7 Å². The minimum Gasteiger partial charge on any atom is -0.507 e.